The van der Waals surface area contributed by atoms with Crippen LogP contribution in [-0.2, 0) is 4.79 Å². The van der Waals surface area contributed by atoms with E-state index in [9.17, 15) is 9.18 Å². The number of nitrogens with one attached hydrogen (secondary N) is 3. The Balaban J connectivity index is 1.65. The fourth-order valence-electron chi connectivity index (χ4n) is 3.03. The number of hydrogen-bond acceptors (Lipinski definition) is 10. The van der Waals surface area contributed by atoms with Crippen molar-refractivity contribution in [2.24, 2.45) is 0 Å². The average molecular weight is 472 g/mol. The maximum absolute atomic E-state index is 14.5. The van der Waals surface area contributed by atoms with Crippen molar-refractivity contribution in [3.05, 3.63) is 36.2 Å². The lowest BCUT2D eigenvalue weighted by Gasteiger charge is -2.30. The molecule has 4 rings (SSSR count). The van der Waals surface area contributed by atoms with Crippen molar-refractivity contribution in [3.8, 4) is 23.0 Å². The summed E-state index contributed by atoms with van der Waals surface area (Å²) in [6.07, 6.45) is 0.911. The fraction of sp³-hybridized carbons (Fsp3) is 0.273. The first-order valence-corrected chi connectivity index (χ1v) is 9.96. The number of ether oxygens (including phenoxy) is 4. The highest BCUT2D eigenvalue weighted by molar-refractivity contribution is 5.99. The number of nitrogens with zero attached hydrogens (tertiary/aromatic N) is 3. The molecule has 12 heteroatoms. The molecule has 0 atom stereocenters. The molecule has 0 saturated heterocycles. The summed E-state index contributed by atoms with van der Waals surface area (Å²) in [5, 5.41) is 8.12. The second kappa shape index (κ2) is 8.89. The molecule has 0 unspecified atom stereocenters. The van der Waals surface area contributed by atoms with Gasteiger partial charge in [0.1, 0.15) is 5.82 Å². The van der Waals surface area contributed by atoms with Gasteiger partial charge in [-0.25, -0.2) is 14.4 Å². The Hall–Kier alpha value is -4.35. The number of carbonyl (C=O) groups is 1. The number of methoxy groups -OCH3 is 3. The Labute approximate surface area is 197 Å². The summed E-state index contributed by atoms with van der Waals surface area (Å²) in [6.45, 7) is 3.25. The number of halogens is 1. The zero-order valence-electron chi connectivity index (χ0n) is 21.0. The van der Waals surface area contributed by atoms with Crippen molar-refractivity contribution in [1.82, 2.24) is 15.0 Å². The van der Waals surface area contributed by atoms with Gasteiger partial charge in [-0.2, -0.15) is 4.98 Å². The Morgan fingerprint density at radius 1 is 1.09 bits per heavy atom. The van der Waals surface area contributed by atoms with E-state index in [1.54, 1.807) is 19.9 Å². The normalized spacial score (nSPS) is 14.6. The molecule has 1 amide bonds. The SMILES string of the molecule is [2H]c1c(Nc2ncc(F)c(Nc3ccc4c(n3)NC(=O)C(C)(C)O4)n2)c([2H])c(OC)c(OC)c1OC. The third kappa shape index (κ3) is 4.42. The molecule has 1 aromatic carbocycles. The quantitative estimate of drug-likeness (QED) is 0.469. The van der Waals surface area contributed by atoms with Crippen LogP contribution in [0.25, 0.3) is 0 Å². The van der Waals surface area contributed by atoms with Gasteiger partial charge in [0.2, 0.25) is 11.7 Å². The second-order valence-electron chi connectivity index (χ2n) is 7.47. The first-order valence-electron chi connectivity index (χ1n) is 11.0. The van der Waals surface area contributed by atoms with E-state index in [0.717, 1.165) is 6.20 Å². The molecule has 0 radical (unpaired) electrons. The van der Waals surface area contributed by atoms with Gasteiger partial charge in [-0.3, -0.25) is 4.79 Å². The van der Waals surface area contributed by atoms with Crippen LogP contribution in [0.2, 0.25) is 0 Å². The van der Waals surface area contributed by atoms with Crippen LogP contribution in [0.4, 0.5) is 33.5 Å². The molecule has 3 aromatic rings. The summed E-state index contributed by atoms with van der Waals surface area (Å²) in [5.74, 6) is -0.669. The van der Waals surface area contributed by atoms with Crippen molar-refractivity contribution in [1.29, 1.82) is 0 Å². The van der Waals surface area contributed by atoms with Crippen LogP contribution in [0.5, 0.6) is 23.0 Å². The van der Waals surface area contributed by atoms with Crippen molar-refractivity contribution in [2.75, 3.05) is 37.3 Å². The molecule has 0 spiro atoms. The summed E-state index contributed by atoms with van der Waals surface area (Å²) in [6, 6.07) is 2.69. The lowest BCUT2D eigenvalue weighted by Crippen LogP contribution is -2.46. The van der Waals surface area contributed by atoms with E-state index in [1.165, 1.54) is 27.4 Å². The van der Waals surface area contributed by atoms with Crippen molar-refractivity contribution in [2.45, 2.75) is 19.4 Å². The van der Waals surface area contributed by atoms with Crippen LogP contribution in [-0.4, -0.2) is 47.8 Å². The van der Waals surface area contributed by atoms with Gasteiger partial charge in [0.05, 0.1) is 30.3 Å². The van der Waals surface area contributed by atoms with Crippen LogP contribution in [0.15, 0.2) is 30.4 Å². The number of rotatable bonds is 7. The van der Waals surface area contributed by atoms with E-state index in [1.807, 2.05) is 0 Å². The van der Waals surface area contributed by atoms with Gasteiger partial charge in [0, 0.05) is 17.8 Å². The van der Waals surface area contributed by atoms with E-state index in [4.69, 9.17) is 21.7 Å². The Morgan fingerprint density at radius 3 is 2.44 bits per heavy atom. The number of aromatic nitrogens is 3. The van der Waals surface area contributed by atoms with Gasteiger partial charge in [0.25, 0.3) is 5.91 Å². The number of benzene rings is 1. The summed E-state index contributed by atoms with van der Waals surface area (Å²) >= 11 is 0. The lowest BCUT2D eigenvalue weighted by atomic mass is 10.1. The molecule has 3 N–H and O–H groups in total. The highest BCUT2D eigenvalue weighted by Crippen LogP contribution is 2.40. The minimum Gasteiger partial charge on any atom is -0.493 e. The van der Waals surface area contributed by atoms with Crippen LogP contribution < -0.4 is 34.9 Å². The minimum absolute atomic E-state index is 0.0269. The summed E-state index contributed by atoms with van der Waals surface area (Å²) in [5.41, 5.74) is -1.10. The van der Waals surface area contributed by atoms with Gasteiger partial charge < -0.3 is 34.9 Å². The molecule has 0 fully saturated rings. The van der Waals surface area contributed by atoms with Gasteiger partial charge >= 0.3 is 0 Å². The molecule has 0 aliphatic carbocycles. The Bertz CT molecular complexity index is 1330. The number of carbonyl (C=O) groups excluding carboxylic acids is 1. The molecular formula is C22H23FN6O5. The maximum atomic E-state index is 14.5. The van der Waals surface area contributed by atoms with Gasteiger partial charge in [-0.05, 0) is 26.0 Å². The third-order valence-corrected chi connectivity index (χ3v) is 4.73. The van der Waals surface area contributed by atoms with Crippen LogP contribution in [0, 0.1) is 5.82 Å². The van der Waals surface area contributed by atoms with Crippen LogP contribution in [0.1, 0.15) is 16.6 Å². The molecule has 1 aliphatic heterocycles. The smallest absolute Gasteiger partial charge is 0.269 e. The van der Waals surface area contributed by atoms with E-state index < -0.39 is 11.4 Å². The molecule has 34 heavy (non-hydrogen) atoms. The molecule has 1 aliphatic rings. The van der Waals surface area contributed by atoms with Gasteiger partial charge in [-0.15, -0.1) is 0 Å². The molecule has 11 nitrogen and oxygen atoms in total. The number of anilines is 5. The maximum Gasteiger partial charge on any atom is 0.269 e. The average Bonchev–Trinajstić information content (AvgIpc) is 2.84. The molecule has 0 bridgehead atoms. The van der Waals surface area contributed by atoms with E-state index in [2.05, 4.69) is 30.9 Å². The van der Waals surface area contributed by atoms with Crippen LogP contribution >= 0.6 is 0 Å². The monoisotopic (exact) mass is 472 g/mol. The van der Waals surface area contributed by atoms with Gasteiger partial charge in [0.15, 0.2) is 40.3 Å². The molecule has 3 heterocycles. The number of amides is 1. The third-order valence-electron chi connectivity index (χ3n) is 4.73. The highest BCUT2D eigenvalue weighted by Gasteiger charge is 2.36. The highest BCUT2D eigenvalue weighted by atomic mass is 19.1. The summed E-state index contributed by atoms with van der Waals surface area (Å²) in [4.78, 5) is 24.4. The number of hydrogen-bond donors (Lipinski definition) is 3. The van der Waals surface area contributed by atoms with Crippen molar-refractivity contribution in [3.63, 3.8) is 0 Å². The molecule has 0 saturated carbocycles. The van der Waals surface area contributed by atoms with Crippen molar-refractivity contribution >= 4 is 35.0 Å². The first kappa shape index (κ1) is 20.3. The van der Waals surface area contributed by atoms with Crippen LogP contribution in [0.3, 0.4) is 0 Å². The summed E-state index contributed by atoms with van der Waals surface area (Å²) < 4.78 is 52.7. The first-order chi connectivity index (χ1) is 17.1. The topological polar surface area (TPSA) is 129 Å². The zero-order valence-corrected chi connectivity index (χ0v) is 19.0. The van der Waals surface area contributed by atoms with Gasteiger partial charge in [-0.1, -0.05) is 0 Å². The van der Waals surface area contributed by atoms with Crippen molar-refractivity contribution < 1.29 is 30.9 Å². The standard InChI is InChI=1S/C22H23FN6O5/c1-22(2)20(30)28-19-13(34-22)6-7-16(27-19)26-18-12(23)10-24-21(29-18)25-11-8-14(31-3)17(33-5)15(9-11)32-4/h6-10H,1-5H3,(H3,24,25,26,27,28,29,30)/i8D,9D. The Morgan fingerprint density at radius 2 is 1.79 bits per heavy atom. The largest absolute Gasteiger partial charge is 0.493 e. The van der Waals surface area contributed by atoms with E-state index in [0.29, 0.717) is 5.75 Å². The minimum atomic E-state index is -1.05. The predicted octanol–water partition coefficient (Wildman–Crippen LogP) is 3.63. The van der Waals surface area contributed by atoms with E-state index >= 15 is 0 Å². The zero-order chi connectivity index (χ0) is 26.2. The summed E-state index contributed by atoms with van der Waals surface area (Å²) in [7, 11) is 4.05. The fourth-order valence-corrected chi connectivity index (χ4v) is 3.03. The van der Waals surface area contributed by atoms with E-state index in [-0.39, 0.29) is 64.3 Å². The number of pyridine rings is 1. The predicted molar refractivity (Wildman–Crippen MR) is 122 cm³/mol. The second-order valence-corrected chi connectivity index (χ2v) is 7.47. The molecular weight excluding hydrogens is 447 g/mol. The lowest BCUT2D eigenvalue weighted by molar-refractivity contribution is -0.129. The molecule has 178 valence electrons. The Kier molecular flexibility index (Phi) is 5.30. The molecule has 2 aromatic heterocycles. The number of fused-ring (bicyclic) bond motifs is 1.